The van der Waals surface area contributed by atoms with E-state index in [-0.39, 0.29) is 29.8 Å². The monoisotopic (exact) mass is 467 g/mol. The van der Waals surface area contributed by atoms with Gasteiger partial charge in [0, 0.05) is 41.4 Å². The lowest BCUT2D eigenvalue weighted by Gasteiger charge is -2.30. The molecule has 1 fully saturated rings. The second-order valence-electron chi connectivity index (χ2n) is 5.85. The first kappa shape index (κ1) is 21.3. The van der Waals surface area contributed by atoms with Gasteiger partial charge in [-0.2, -0.15) is 0 Å². The highest BCUT2D eigenvalue weighted by Crippen LogP contribution is 2.22. The van der Waals surface area contributed by atoms with Crippen LogP contribution in [0.25, 0.3) is 0 Å². The number of guanidine groups is 1. The van der Waals surface area contributed by atoms with Crippen molar-refractivity contribution in [1.82, 2.24) is 10.6 Å². The predicted molar refractivity (Wildman–Crippen MR) is 110 cm³/mol. The molecule has 24 heavy (non-hydrogen) atoms. The average molecular weight is 467 g/mol. The maximum Gasteiger partial charge on any atom is 0.191 e. The van der Waals surface area contributed by atoms with Crippen LogP contribution < -0.4 is 10.6 Å². The van der Waals surface area contributed by atoms with Crippen LogP contribution in [0.5, 0.6) is 0 Å². The lowest BCUT2D eigenvalue weighted by atomic mass is 9.95. The summed E-state index contributed by atoms with van der Waals surface area (Å²) in [4.78, 5) is 4.25. The minimum atomic E-state index is -0.722. The largest absolute Gasteiger partial charge is 0.354 e. The Morgan fingerprint density at radius 1 is 1.33 bits per heavy atom. The van der Waals surface area contributed by atoms with Gasteiger partial charge in [0.1, 0.15) is 5.82 Å². The van der Waals surface area contributed by atoms with Gasteiger partial charge in [-0.1, -0.05) is 25.5 Å². The molecule has 0 saturated heterocycles. The third-order valence-electron chi connectivity index (χ3n) is 4.22. The number of halogens is 2. The predicted octanol–water partition coefficient (Wildman–Crippen LogP) is 3.19. The number of hydrogen-bond donors (Lipinski definition) is 2. The van der Waals surface area contributed by atoms with E-state index < -0.39 is 10.8 Å². The topological polar surface area (TPSA) is 53.5 Å². The Kier molecular flexibility index (Phi) is 9.80. The highest BCUT2D eigenvalue weighted by Gasteiger charge is 2.25. The number of hydrogen-bond acceptors (Lipinski definition) is 2. The van der Waals surface area contributed by atoms with E-state index in [1.54, 1.807) is 19.2 Å². The summed E-state index contributed by atoms with van der Waals surface area (Å²) >= 11 is 0. The van der Waals surface area contributed by atoms with Crippen LogP contribution in [0.1, 0.15) is 38.2 Å². The van der Waals surface area contributed by atoms with Crippen molar-refractivity contribution in [2.45, 2.75) is 50.4 Å². The Hall–Kier alpha value is -0.700. The van der Waals surface area contributed by atoms with Gasteiger partial charge in [0.2, 0.25) is 0 Å². The van der Waals surface area contributed by atoms with Gasteiger partial charge in [0.25, 0.3) is 0 Å². The molecular weight excluding hydrogens is 440 g/mol. The molecular formula is C17H27FIN3OS. The summed E-state index contributed by atoms with van der Waals surface area (Å²) < 4.78 is 24.9. The van der Waals surface area contributed by atoms with Crippen LogP contribution in [0.15, 0.2) is 29.3 Å². The van der Waals surface area contributed by atoms with E-state index in [1.807, 2.05) is 6.92 Å². The van der Waals surface area contributed by atoms with Crippen LogP contribution in [0.2, 0.25) is 0 Å². The molecule has 1 aromatic rings. The van der Waals surface area contributed by atoms with Gasteiger partial charge in [-0.15, -0.1) is 24.0 Å². The van der Waals surface area contributed by atoms with Crippen molar-refractivity contribution in [3.8, 4) is 0 Å². The fourth-order valence-electron chi connectivity index (χ4n) is 2.93. The minimum Gasteiger partial charge on any atom is -0.354 e. The molecule has 0 heterocycles. The Morgan fingerprint density at radius 2 is 2.04 bits per heavy atom. The fourth-order valence-corrected chi connectivity index (χ4v) is 4.27. The molecule has 0 spiro atoms. The van der Waals surface area contributed by atoms with E-state index in [9.17, 15) is 8.60 Å². The quantitative estimate of drug-likeness (QED) is 0.398. The number of nitrogens with zero attached hydrogens (tertiary/aromatic N) is 1. The summed E-state index contributed by atoms with van der Waals surface area (Å²) in [6.07, 6.45) is 4.16. The number of benzene rings is 1. The van der Waals surface area contributed by atoms with Crippen LogP contribution >= 0.6 is 24.0 Å². The van der Waals surface area contributed by atoms with Crippen molar-refractivity contribution in [3.63, 3.8) is 0 Å². The molecule has 7 heteroatoms. The summed E-state index contributed by atoms with van der Waals surface area (Å²) in [5.74, 6) is 1.24. The summed E-state index contributed by atoms with van der Waals surface area (Å²) in [5.41, 5.74) is 1.00. The van der Waals surface area contributed by atoms with Gasteiger partial charge < -0.3 is 10.6 Å². The Bertz CT molecular complexity index is 553. The first-order chi connectivity index (χ1) is 11.1. The van der Waals surface area contributed by atoms with Crippen LogP contribution in [0.4, 0.5) is 4.39 Å². The lowest BCUT2D eigenvalue weighted by molar-refractivity contribution is 0.413. The van der Waals surface area contributed by atoms with Crippen molar-refractivity contribution in [1.29, 1.82) is 0 Å². The Balaban J connectivity index is 0.00000288. The molecule has 3 atom stereocenters. The van der Waals surface area contributed by atoms with E-state index in [2.05, 4.69) is 15.6 Å². The molecule has 1 saturated carbocycles. The highest BCUT2D eigenvalue weighted by molar-refractivity contribution is 14.0. The van der Waals surface area contributed by atoms with Gasteiger partial charge in [-0.25, -0.2) is 4.39 Å². The van der Waals surface area contributed by atoms with Gasteiger partial charge in [-0.3, -0.25) is 9.20 Å². The molecule has 2 rings (SSSR count). The standard InChI is InChI=1S/C17H26FN3OS.HI/c1-3-23(22)16-6-4-5-15(11-16)21-17(19-2)20-12-13-7-9-14(18)10-8-13;/h7-10,15-16H,3-6,11-12H2,1-2H3,(H2,19,20,21);1H. The number of nitrogens with one attached hydrogen (secondary N) is 2. The van der Waals surface area contributed by atoms with Crippen molar-refractivity contribution >= 4 is 40.7 Å². The fraction of sp³-hybridized carbons (Fsp3) is 0.588. The molecule has 0 aromatic heterocycles. The van der Waals surface area contributed by atoms with Gasteiger partial charge in [0.15, 0.2) is 5.96 Å². The van der Waals surface area contributed by atoms with E-state index in [4.69, 9.17) is 0 Å². The SMILES string of the molecule is CCS(=O)C1CCCC(NC(=NC)NCc2ccc(F)cc2)C1.I. The average Bonchev–Trinajstić information content (AvgIpc) is 2.59. The molecule has 0 radical (unpaired) electrons. The van der Waals surface area contributed by atoms with Crippen LogP contribution in [-0.4, -0.2) is 34.3 Å². The van der Waals surface area contributed by atoms with Gasteiger partial charge in [-0.05, 0) is 37.0 Å². The first-order valence-corrected chi connectivity index (χ1v) is 9.59. The highest BCUT2D eigenvalue weighted by atomic mass is 127. The second kappa shape index (κ2) is 11.0. The molecule has 4 nitrogen and oxygen atoms in total. The third-order valence-corrected chi connectivity index (χ3v) is 5.96. The molecule has 136 valence electrons. The van der Waals surface area contributed by atoms with E-state index >= 15 is 0 Å². The second-order valence-corrected chi connectivity index (χ2v) is 7.86. The zero-order valence-corrected chi connectivity index (χ0v) is 17.4. The Morgan fingerprint density at radius 3 is 2.67 bits per heavy atom. The first-order valence-electron chi connectivity index (χ1n) is 8.21. The van der Waals surface area contributed by atoms with E-state index in [0.29, 0.717) is 17.8 Å². The van der Waals surface area contributed by atoms with Gasteiger partial charge in [0.05, 0.1) is 0 Å². The molecule has 0 amide bonds. The zero-order chi connectivity index (χ0) is 16.7. The number of aliphatic imine (C=N–C) groups is 1. The normalized spacial score (nSPS) is 22.4. The molecule has 2 N–H and O–H groups in total. The van der Waals surface area contributed by atoms with Crippen molar-refractivity contribution in [3.05, 3.63) is 35.6 Å². The Labute approximate surface area is 163 Å². The minimum absolute atomic E-state index is 0. The van der Waals surface area contributed by atoms with E-state index in [1.165, 1.54) is 12.1 Å². The molecule has 0 bridgehead atoms. The van der Waals surface area contributed by atoms with Gasteiger partial charge >= 0.3 is 0 Å². The molecule has 1 aromatic carbocycles. The number of rotatable bonds is 5. The van der Waals surface area contributed by atoms with E-state index in [0.717, 1.165) is 43.0 Å². The van der Waals surface area contributed by atoms with Crippen molar-refractivity contribution in [2.24, 2.45) is 4.99 Å². The lowest BCUT2D eigenvalue weighted by Crippen LogP contribution is -2.46. The molecule has 1 aliphatic carbocycles. The van der Waals surface area contributed by atoms with Crippen molar-refractivity contribution < 1.29 is 8.60 Å². The van der Waals surface area contributed by atoms with Crippen LogP contribution in [-0.2, 0) is 17.3 Å². The molecule has 0 aliphatic heterocycles. The third kappa shape index (κ3) is 6.66. The molecule has 1 aliphatic rings. The van der Waals surface area contributed by atoms with Crippen LogP contribution in [0.3, 0.4) is 0 Å². The maximum atomic E-state index is 12.9. The zero-order valence-electron chi connectivity index (χ0n) is 14.3. The smallest absolute Gasteiger partial charge is 0.191 e. The summed E-state index contributed by atoms with van der Waals surface area (Å²) in [6.45, 7) is 2.58. The molecule has 3 unspecified atom stereocenters. The summed E-state index contributed by atoms with van der Waals surface area (Å²) in [7, 11) is 1.02. The summed E-state index contributed by atoms with van der Waals surface area (Å²) in [5, 5.41) is 6.97. The maximum absolute atomic E-state index is 12.9. The van der Waals surface area contributed by atoms with Crippen molar-refractivity contribution in [2.75, 3.05) is 12.8 Å². The summed E-state index contributed by atoms with van der Waals surface area (Å²) in [6, 6.07) is 6.74. The van der Waals surface area contributed by atoms with Crippen LogP contribution in [0, 0.1) is 5.82 Å².